The molecule has 0 spiro atoms. The van der Waals surface area contributed by atoms with Gasteiger partial charge in [0.05, 0.1) is 17.0 Å². The van der Waals surface area contributed by atoms with Gasteiger partial charge in [-0.05, 0) is 43.2 Å². The number of thiophene rings is 1. The summed E-state index contributed by atoms with van der Waals surface area (Å²) in [7, 11) is 0. The molecule has 0 aliphatic carbocycles. The zero-order valence-electron chi connectivity index (χ0n) is 16.0. The minimum absolute atomic E-state index is 0.158. The van der Waals surface area contributed by atoms with Crippen molar-refractivity contribution in [2.45, 2.75) is 20.8 Å². The molecule has 0 bridgehead atoms. The van der Waals surface area contributed by atoms with Gasteiger partial charge in [0.2, 0.25) is 5.91 Å². The van der Waals surface area contributed by atoms with E-state index in [1.54, 1.807) is 44.2 Å². The van der Waals surface area contributed by atoms with Crippen molar-refractivity contribution in [2.24, 2.45) is 0 Å². The second-order valence-electron chi connectivity index (χ2n) is 6.17. The van der Waals surface area contributed by atoms with Crippen molar-refractivity contribution in [1.29, 1.82) is 0 Å². The van der Waals surface area contributed by atoms with Crippen molar-refractivity contribution >= 4 is 61.8 Å². The van der Waals surface area contributed by atoms with Crippen LogP contribution in [-0.2, 0) is 9.53 Å². The number of halogens is 1. The summed E-state index contributed by atoms with van der Waals surface area (Å²) in [6.45, 7) is 5.09. The maximum absolute atomic E-state index is 12.6. The van der Waals surface area contributed by atoms with Gasteiger partial charge in [-0.25, -0.2) is 9.78 Å². The number of rotatable bonds is 5. The Kier molecular flexibility index (Phi) is 6.14. The van der Waals surface area contributed by atoms with Crippen LogP contribution in [-0.4, -0.2) is 28.5 Å². The molecule has 0 atom stereocenters. The molecule has 0 fully saturated rings. The number of esters is 1. The smallest absolute Gasteiger partial charge is 0.348 e. The van der Waals surface area contributed by atoms with Gasteiger partial charge in [-0.1, -0.05) is 23.7 Å². The highest BCUT2D eigenvalue weighted by Crippen LogP contribution is 2.29. The van der Waals surface area contributed by atoms with Crippen molar-refractivity contribution in [3.63, 3.8) is 0 Å². The zero-order chi connectivity index (χ0) is 21.1. The first-order valence-corrected chi connectivity index (χ1v) is 9.95. The van der Waals surface area contributed by atoms with E-state index in [-0.39, 0.29) is 28.9 Å². The SMILES string of the molecule is CCOC(=O)c1sc2nc(/C(Cl)=C/c3ccc(NC(C)=O)cc3)[nH]c(=O)c2c1C. The van der Waals surface area contributed by atoms with Crippen molar-refractivity contribution < 1.29 is 14.3 Å². The molecule has 3 aromatic rings. The van der Waals surface area contributed by atoms with Crippen molar-refractivity contribution in [3.05, 3.63) is 56.4 Å². The molecule has 0 saturated carbocycles. The molecule has 1 amide bonds. The number of hydrogen-bond donors (Lipinski definition) is 2. The Morgan fingerprint density at radius 2 is 2.00 bits per heavy atom. The molecule has 2 N–H and O–H groups in total. The number of fused-ring (bicyclic) bond motifs is 1. The summed E-state index contributed by atoms with van der Waals surface area (Å²) in [5.41, 5.74) is 1.60. The van der Waals surface area contributed by atoms with E-state index in [2.05, 4.69) is 15.3 Å². The van der Waals surface area contributed by atoms with Gasteiger partial charge < -0.3 is 15.0 Å². The molecule has 29 heavy (non-hydrogen) atoms. The summed E-state index contributed by atoms with van der Waals surface area (Å²) in [5, 5.41) is 3.27. The number of aromatic amines is 1. The highest BCUT2D eigenvalue weighted by Gasteiger charge is 2.20. The molecule has 7 nitrogen and oxygen atoms in total. The normalized spacial score (nSPS) is 11.5. The van der Waals surface area contributed by atoms with Crippen LogP contribution in [0.2, 0.25) is 0 Å². The molecule has 0 aliphatic heterocycles. The van der Waals surface area contributed by atoms with E-state index in [1.807, 2.05) is 0 Å². The van der Waals surface area contributed by atoms with E-state index in [9.17, 15) is 14.4 Å². The topological polar surface area (TPSA) is 101 Å². The van der Waals surface area contributed by atoms with Crippen LogP contribution in [0.4, 0.5) is 5.69 Å². The number of aromatic nitrogens is 2. The summed E-state index contributed by atoms with van der Waals surface area (Å²) in [5.74, 6) is -0.434. The number of H-pyrrole nitrogens is 1. The molecule has 0 saturated heterocycles. The molecule has 1 aromatic carbocycles. The Hall–Kier alpha value is -2.97. The predicted octanol–water partition coefficient (Wildman–Crippen LogP) is 4.17. The maximum atomic E-state index is 12.6. The Bertz CT molecular complexity index is 1180. The number of nitrogens with one attached hydrogen (secondary N) is 2. The lowest BCUT2D eigenvalue weighted by molar-refractivity contribution is -0.114. The molecular weight excluding hydrogens is 414 g/mol. The van der Waals surface area contributed by atoms with E-state index < -0.39 is 5.97 Å². The van der Waals surface area contributed by atoms with Gasteiger partial charge >= 0.3 is 5.97 Å². The first-order chi connectivity index (χ1) is 13.8. The number of anilines is 1. The third-order valence-corrected chi connectivity index (χ3v) is 5.47. The van der Waals surface area contributed by atoms with Gasteiger partial charge in [0.25, 0.3) is 5.56 Å². The number of nitrogens with zero attached hydrogens (tertiary/aromatic N) is 1. The van der Waals surface area contributed by atoms with Crippen LogP contribution in [0.1, 0.15) is 40.5 Å². The number of hydrogen-bond acceptors (Lipinski definition) is 6. The minimum Gasteiger partial charge on any atom is -0.462 e. The average Bonchev–Trinajstić information content (AvgIpc) is 3.00. The quantitative estimate of drug-likeness (QED) is 0.590. The molecule has 0 unspecified atom stereocenters. The average molecular weight is 432 g/mol. The Morgan fingerprint density at radius 3 is 2.62 bits per heavy atom. The van der Waals surface area contributed by atoms with E-state index >= 15 is 0 Å². The Labute approximate surface area is 175 Å². The second kappa shape index (κ2) is 8.59. The van der Waals surface area contributed by atoms with Crippen LogP contribution in [0.15, 0.2) is 29.1 Å². The van der Waals surface area contributed by atoms with Crippen LogP contribution < -0.4 is 10.9 Å². The fraction of sp³-hybridized carbons (Fsp3) is 0.200. The number of carbonyl (C=O) groups is 2. The first-order valence-electron chi connectivity index (χ1n) is 8.76. The van der Waals surface area contributed by atoms with Crippen LogP contribution in [0.25, 0.3) is 21.3 Å². The number of amides is 1. The van der Waals surface area contributed by atoms with Gasteiger partial charge in [-0.2, -0.15) is 0 Å². The van der Waals surface area contributed by atoms with Crippen LogP contribution in [0, 0.1) is 6.92 Å². The first kappa shape index (κ1) is 20.8. The minimum atomic E-state index is -0.477. The molecule has 150 valence electrons. The monoisotopic (exact) mass is 431 g/mol. The third kappa shape index (κ3) is 4.55. The second-order valence-corrected chi connectivity index (χ2v) is 7.57. The van der Waals surface area contributed by atoms with Gasteiger partial charge in [-0.15, -0.1) is 11.3 Å². The summed E-state index contributed by atoms with van der Waals surface area (Å²) < 4.78 is 5.04. The van der Waals surface area contributed by atoms with Gasteiger partial charge in [0.15, 0.2) is 5.82 Å². The van der Waals surface area contributed by atoms with Gasteiger partial charge in [-0.3, -0.25) is 9.59 Å². The fourth-order valence-corrected chi connectivity index (χ4v) is 4.02. The van der Waals surface area contributed by atoms with Crippen LogP contribution in [0.3, 0.4) is 0 Å². The highest BCUT2D eigenvalue weighted by atomic mass is 35.5. The molecule has 0 radical (unpaired) electrons. The number of aryl methyl sites for hydroxylation is 1. The number of benzene rings is 1. The summed E-state index contributed by atoms with van der Waals surface area (Å²) in [6.07, 6.45) is 1.65. The summed E-state index contributed by atoms with van der Waals surface area (Å²) in [4.78, 5) is 43.6. The zero-order valence-corrected chi connectivity index (χ0v) is 17.5. The van der Waals surface area contributed by atoms with E-state index in [1.165, 1.54) is 6.92 Å². The van der Waals surface area contributed by atoms with Crippen molar-refractivity contribution in [1.82, 2.24) is 9.97 Å². The number of ether oxygens (including phenoxy) is 1. The van der Waals surface area contributed by atoms with Gasteiger partial charge in [0, 0.05) is 12.6 Å². The lowest BCUT2D eigenvalue weighted by atomic mass is 10.2. The molecule has 9 heteroatoms. The predicted molar refractivity (Wildman–Crippen MR) is 115 cm³/mol. The molecule has 0 aliphatic rings. The molecule has 3 rings (SSSR count). The van der Waals surface area contributed by atoms with Crippen molar-refractivity contribution in [2.75, 3.05) is 11.9 Å². The Balaban J connectivity index is 1.96. The molecular formula is C20H18ClN3O4S. The lowest BCUT2D eigenvalue weighted by Crippen LogP contribution is -2.11. The number of carbonyl (C=O) groups excluding carboxylic acids is 2. The summed E-state index contributed by atoms with van der Waals surface area (Å²) >= 11 is 7.47. The summed E-state index contributed by atoms with van der Waals surface area (Å²) in [6, 6.07) is 7.03. The van der Waals surface area contributed by atoms with Gasteiger partial charge in [0.1, 0.15) is 9.71 Å². The van der Waals surface area contributed by atoms with Crippen LogP contribution in [0.5, 0.6) is 0 Å². The molecule has 2 heterocycles. The van der Waals surface area contributed by atoms with Crippen molar-refractivity contribution in [3.8, 4) is 0 Å². The largest absolute Gasteiger partial charge is 0.462 e. The van der Waals surface area contributed by atoms with Crippen LogP contribution >= 0.6 is 22.9 Å². The molecule has 2 aromatic heterocycles. The fourth-order valence-electron chi connectivity index (χ4n) is 2.73. The standard InChI is InChI=1S/C20H18ClN3O4S/c1-4-28-20(27)16-10(2)15-18(26)23-17(24-19(15)29-16)14(21)9-12-5-7-13(8-6-12)22-11(3)25/h5-9H,4H2,1-3H3,(H,22,25)(H,23,24,26)/b14-9-. The van der Waals surface area contributed by atoms with E-state index in [0.29, 0.717) is 26.3 Å². The third-order valence-electron chi connectivity index (χ3n) is 4.01. The highest BCUT2D eigenvalue weighted by molar-refractivity contribution is 7.20. The van der Waals surface area contributed by atoms with E-state index in [4.69, 9.17) is 16.3 Å². The lowest BCUT2D eigenvalue weighted by Gasteiger charge is -2.03. The van der Waals surface area contributed by atoms with E-state index in [0.717, 1.165) is 16.9 Å². The Morgan fingerprint density at radius 1 is 1.31 bits per heavy atom. The maximum Gasteiger partial charge on any atom is 0.348 e.